The lowest BCUT2D eigenvalue weighted by Gasteiger charge is -2.08. The lowest BCUT2D eigenvalue weighted by molar-refractivity contribution is -0.0906. The highest BCUT2D eigenvalue weighted by Crippen LogP contribution is 1.89. The zero-order valence-electron chi connectivity index (χ0n) is 5.53. The van der Waals surface area contributed by atoms with E-state index < -0.39 is 0 Å². The van der Waals surface area contributed by atoms with Gasteiger partial charge in [-0.2, -0.15) is 0 Å². The van der Waals surface area contributed by atoms with Gasteiger partial charge in [-0.25, -0.2) is 0 Å². The summed E-state index contributed by atoms with van der Waals surface area (Å²) in [6.45, 7) is 6.56. The Morgan fingerprint density at radius 2 is 1.86 bits per heavy atom. The van der Waals surface area contributed by atoms with Crippen LogP contribution in [0.25, 0.3) is 0 Å². The predicted octanol–water partition coefficient (Wildman–Crippen LogP) is 1.60. The molecule has 0 bridgehead atoms. The fraction of sp³-hybridized carbons (Fsp3) is 1.00. The molecule has 1 heteroatoms. The van der Waals surface area contributed by atoms with Crippen LogP contribution >= 0.6 is 0 Å². The van der Waals surface area contributed by atoms with E-state index in [4.69, 9.17) is 0 Å². The molecule has 0 N–H and O–H groups in total. The van der Waals surface area contributed by atoms with E-state index in [0.717, 1.165) is 13.2 Å². The van der Waals surface area contributed by atoms with Crippen LogP contribution in [0.15, 0.2) is 0 Å². The van der Waals surface area contributed by atoms with E-state index in [0.29, 0.717) is 0 Å². The molecule has 0 aliphatic heterocycles. The number of rotatable bonds is 3. The summed E-state index contributed by atoms with van der Waals surface area (Å²) in [5.74, 6) is 0. The molecule has 0 aromatic heterocycles. The van der Waals surface area contributed by atoms with E-state index in [9.17, 15) is 0 Å². The van der Waals surface area contributed by atoms with Crippen molar-refractivity contribution in [2.45, 2.75) is 20.3 Å². The van der Waals surface area contributed by atoms with Crippen molar-refractivity contribution in [3.63, 3.8) is 0 Å². The topological polar surface area (TPSA) is 2.70 Å². The molecule has 1 nitrogen and oxygen atoms in total. The van der Waals surface area contributed by atoms with Gasteiger partial charge in [-0.3, -0.25) is 0 Å². The molecule has 0 radical (unpaired) electrons. The maximum atomic E-state index is 2.98. The van der Waals surface area contributed by atoms with Crippen LogP contribution in [-0.2, 0) is 4.37 Å². The van der Waals surface area contributed by atoms with Crippen molar-refractivity contribution in [3.8, 4) is 0 Å². The van der Waals surface area contributed by atoms with Crippen molar-refractivity contribution >= 4 is 0 Å². The molecule has 0 saturated heterocycles. The van der Waals surface area contributed by atoms with Gasteiger partial charge in [0, 0.05) is 13.3 Å². The van der Waals surface area contributed by atoms with Crippen molar-refractivity contribution in [1.29, 1.82) is 0 Å². The molecule has 7 heavy (non-hydrogen) atoms. The van der Waals surface area contributed by atoms with Crippen LogP contribution < -0.4 is 0 Å². The van der Waals surface area contributed by atoms with Gasteiger partial charge in [0.2, 0.25) is 0 Å². The van der Waals surface area contributed by atoms with Crippen molar-refractivity contribution < 1.29 is 4.37 Å². The summed E-state index contributed by atoms with van der Waals surface area (Å²) in [4.78, 5) is 0. The number of hydrogen-bond donors (Lipinski definition) is 0. The monoisotopic (exact) mass is 103 g/mol. The minimum Gasteiger partial charge on any atom is -0.424 e. The van der Waals surface area contributed by atoms with E-state index in [-0.39, 0.29) is 0 Å². The van der Waals surface area contributed by atoms with Gasteiger partial charge in [0.25, 0.3) is 0 Å². The first-order valence-corrected chi connectivity index (χ1v) is 2.90. The minimum atomic E-state index is 1.09. The van der Waals surface area contributed by atoms with Gasteiger partial charge >= 0.3 is 0 Å². The molecule has 0 atom stereocenters. The zero-order chi connectivity index (χ0) is 5.70. The molecule has 0 aromatic carbocycles. The van der Waals surface area contributed by atoms with Crippen LogP contribution in [0.1, 0.15) is 20.3 Å². The molecule has 44 valence electrons. The predicted molar refractivity (Wildman–Crippen MR) is 32.7 cm³/mol. The van der Waals surface area contributed by atoms with Crippen LogP contribution in [-0.4, -0.2) is 20.3 Å². The second-order valence-corrected chi connectivity index (χ2v) is 1.77. The summed E-state index contributed by atoms with van der Waals surface area (Å²) in [6.07, 6.45) is 1.23. The third-order valence-corrected chi connectivity index (χ3v) is 1.05. The molecule has 0 aliphatic carbocycles. The van der Waals surface area contributed by atoms with Gasteiger partial charge in [-0.05, 0) is 0 Å². The average molecular weight is 103 g/mol. The molecular weight excluding hydrogens is 88.1 g/mol. The maximum absolute atomic E-state index is 2.98. The number of hydrogen-bond acceptors (Lipinski definition) is 0. The van der Waals surface area contributed by atoms with Gasteiger partial charge in [-0.15, -0.1) is 0 Å². The van der Waals surface area contributed by atoms with Crippen LogP contribution in [0.5, 0.6) is 0 Å². The third kappa shape index (κ3) is 3.80. The lowest BCUT2D eigenvalue weighted by Crippen LogP contribution is -2.07. The molecule has 0 aliphatic rings. The summed E-state index contributed by atoms with van der Waals surface area (Å²) in [7, 11) is 2.06. The Balaban J connectivity index is 2.83. The van der Waals surface area contributed by atoms with E-state index in [1.54, 1.807) is 0 Å². The first-order chi connectivity index (χ1) is 3.31. The summed E-state index contributed by atoms with van der Waals surface area (Å²) < 4.78 is 2.98. The standard InChI is InChI=1S/C6H15O/c1-4-6-7(3)5-2/h4-6H2,1-3H3/q+1. The molecule has 0 fully saturated rings. The van der Waals surface area contributed by atoms with Crippen LogP contribution in [0.4, 0.5) is 0 Å². The van der Waals surface area contributed by atoms with E-state index >= 15 is 0 Å². The highest BCUT2D eigenvalue weighted by molar-refractivity contribution is 4.27. The molecule has 0 saturated carbocycles. The molecule has 0 heterocycles. The van der Waals surface area contributed by atoms with Crippen molar-refractivity contribution in [1.82, 2.24) is 0 Å². The first kappa shape index (κ1) is 6.96. The normalized spacial score (nSPS) is 10.3. The van der Waals surface area contributed by atoms with Crippen molar-refractivity contribution in [3.05, 3.63) is 0 Å². The zero-order valence-corrected chi connectivity index (χ0v) is 5.53. The Labute approximate surface area is 46.0 Å². The van der Waals surface area contributed by atoms with Crippen LogP contribution in [0.3, 0.4) is 0 Å². The second-order valence-electron chi connectivity index (χ2n) is 1.77. The van der Waals surface area contributed by atoms with E-state index in [2.05, 4.69) is 25.3 Å². The first-order valence-electron chi connectivity index (χ1n) is 2.90. The van der Waals surface area contributed by atoms with E-state index in [1.807, 2.05) is 0 Å². The Hall–Kier alpha value is -0.0400. The minimum absolute atomic E-state index is 1.09. The molecule has 0 amide bonds. The Morgan fingerprint density at radius 3 is 2.00 bits per heavy atom. The van der Waals surface area contributed by atoms with Gasteiger partial charge in [0.15, 0.2) is 0 Å². The Kier molecular flexibility index (Phi) is 4.10. The van der Waals surface area contributed by atoms with Crippen molar-refractivity contribution in [2.24, 2.45) is 0 Å². The van der Waals surface area contributed by atoms with Crippen molar-refractivity contribution in [2.75, 3.05) is 20.3 Å². The maximum Gasteiger partial charge on any atom is 0.145 e. The highest BCUT2D eigenvalue weighted by Gasteiger charge is 1.91. The summed E-state index contributed by atoms with van der Waals surface area (Å²) in [5.41, 5.74) is 0. The van der Waals surface area contributed by atoms with Gasteiger partial charge in [0.05, 0.1) is 0 Å². The van der Waals surface area contributed by atoms with E-state index in [1.165, 1.54) is 6.42 Å². The molecule has 0 spiro atoms. The fourth-order valence-electron chi connectivity index (χ4n) is 0.493. The summed E-state index contributed by atoms with van der Waals surface area (Å²) in [5, 5.41) is 0. The Morgan fingerprint density at radius 1 is 1.29 bits per heavy atom. The molecular formula is C6H15O+. The Bertz CT molecular complexity index is 35.2. The third-order valence-electron chi connectivity index (χ3n) is 1.05. The molecule has 0 unspecified atom stereocenters. The SMILES string of the molecule is CCC[O+](C)CC. The average Bonchev–Trinajstić information content (AvgIpc) is 1.68. The van der Waals surface area contributed by atoms with Crippen LogP contribution in [0.2, 0.25) is 0 Å². The lowest BCUT2D eigenvalue weighted by atomic mass is 10.5. The largest absolute Gasteiger partial charge is 0.424 e. The highest BCUT2D eigenvalue weighted by atomic mass is 16.7. The van der Waals surface area contributed by atoms with Crippen LogP contribution in [0, 0.1) is 0 Å². The molecule has 0 aromatic rings. The van der Waals surface area contributed by atoms with Gasteiger partial charge in [-0.1, -0.05) is 6.92 Å². The summed E-state index contributed by atoms with van der Waals surface area (Å²) >= 11 is 0. The fourth-order valence-corrected chi connectivity index (χ4v) is 0.493. The summed E-state index contributed by atoms with van der Waals surface area (Å²) in [6, 6.07) is 0. The second kappa shape index (κ2) is 4.13. The smallest absolute Gasteiger partial charge is 0.145 e. The van der Waals surface area contributed by atoms with Gasteiger partial charge < -0.3 is 4.37 Å². The quantitative estimate of drug-likeness (QED) is 0.477. The van der Waals surface area contributed by atoms with Gasteiger partial charge in [0.1, 0.15) is 20.3 Å². The molecule has 0 rings (SSSR count).